The minimum Gasteiger partial charge on any atom is -0.465 e. The molecule has 4 rings (SSSR count). The van der Waals surface area contributed by atoms with Crippen molar-refractivity contribution in [1.82, 2.24) is 9.80 Å². The van der Waals surface area contributed by atoms with Gasteiger partial charge in [0.1, 0.15) is 5.88 Å². The molecule has 0 aliphatic carbocycles. The van der Waals surface area contributed by atoms with Crippen molar-refractivity contribution >= 4 is 46.4 Å². The van der Waals surface area contributed by atoms with Crippen LogP contribution in [0.5, 0.6) is 0 Å². The second kappa shape index (κ2) is 10.2. The van der Waals surface area contributed by atoms with E-state index < -0.39 is 7.49 Å². The lowest BCUT2D eigenvalue weighted by atomic mass is 10.2. The van der Waals surface area contributed by atoms with E-state index in [0.29, 0.717) is 30.3 Å². The molecule has 1 saturated heterocycles. The van der Waals surface area contributed by atoms with Crippen LogP contribution < -0.4 is 4.90 Å². The number of rotatable bonds is 8. The van der Waals surface area contributed by atoms with Crippen molar-refractivity contribution in [1.29, 1.82) is 0 Å². The summed E-state index contributed by atoms with van der Waals surface area (Å²) in [5, 5.41) is 0. The SMILES string of the molecule is O=C(Cc1ccccc1)OCCCN1CCN(C(=O)CN2CS(=O)(Cl)(Cl)c3ccccc32)CC1. The van der Waals surface area contributed by atoms with Crippen molar-refractivity contribution in [3.8, 4) is 0 Å². The van der Waals surface area contributed by atoms with E-state index in [-0.39, 0.29) is 30.7 Å². The van der Waals surface area contributed by atoms with Crippen molar-refractivity contribution < 1.29 is 18.5 Å². The van der Waals surface area contributed by atoms with Gasteiger partial charge in [-0.1, -0.05) is 42.5 Å². The molecular weight excluding hydrogens is 497 g/mol. The van der Waals surface area contributed by atoms with Crippen molar-refractivity contribution in [2.75, 3.05) is 56.7 Å². The third-order valence-electron chi connectivity index (χ3n) is 6.11. The number of carbonyl (C=O) groups is 2. The third kappa shape index (κ3) is 6.10. The highest BCUT2D eigenvalue weighted by Gasteiger charge is 2.46. The Balaban J connectivity index is 1.17. The number of nitrogens with zero attached hydrogens (tertiary/aromatic N) is 3. The first-order valence-corrected chi connectivity index (χ1v) is 15.1. The number of amides is 1. The fourth-order valence-electron chi connectivity index (χ4n) is 4.34. The lowest BCUT2D eigenvalue weighted by Crippen LogP contribution is -2.51. The summed E-state index contributed by atoms with van der Waals surface area (Å²) in [7, 11) is 8.54. The van der Waals surface area contributed by atoms with Crippen LogP contribution in [0.2, 0.25) is 0 Å². The second-order valence-corrected chi connectivity index (χ2v) is 15.5. The molecule has 7 nitrogen and oxygen atoms in total. The minimum absolute atomic E-state index is 0.0392. The van der Waals surface area contributed by atoms with Gasteiger partial charge in [-0.2, -0.15) is 0 Å². The molecule has 2 aliphatic heterocycles. The molecule has 34 heavy (non-hydrogen) atoms. The highest BCUT2D eigenvalue weighted by Crippen LogP contribution is 2.54. The first-order chi connectivity index (χ1) is 16.2. The molecule has 0 unspecified atom stereocenters. The molecule has 1 amide bonds. The van der Waals surface area contributed by atoms with Gasteiger partial charge in [-0.15, -0.1) is 0 Å². The maximum Gasteiger partial charge on any atom is 0.310 e. The number of hydrogen-bond acceptors (Lipinski definition) is 6. The molecule has 1 fully saturated rings. The lowest BCUT2D eigenvalue weighted by Gasteiger charge is -2.35. The number of para-hydroxylation sites is 1. The van der Waals surface area contributed by atoms with E-state index in [0.717, 1.165) is 31.6 Å². The van der Waals surface area contributed by atoms with Crippen LogP contribution in [0.3, 0.4) is 0 Å². The molecule has 2 aromatic carbocycles. The first-order valence-electron chi connectivity index (χ1n) is 11.3. The molecule has 10 heteroatoms. The number of ether oxygens (including phenoxy) is 1. The van der Waals surface area contributed by atoms with Gasteiger partial charge in [0.2, 0.25) is 5.91 Å². The van der Waals surface area contributed by atoms with E-state index in [9.17, 15) is 13.8 Å². The zero-order valence-corrected chi connectivity index (χ0v) is 21.2. The normalized spacial score (nSPS) is 20.2. The molecule has 0 radical (unpaired) electrons. The molecule has 2 aliphatic rings. The van der Waals surface area contributed by atoms with E-state index >= 15 is 0 Å². The maximum atomic E-state index is 13.0. The smallest absolute Gasteiger partial charge is 0.310 e. The van der Waals surface area contributed by atoms with E-state index in [2.05, 4.69) is 4.90 Å². The Kier molecular flexibility index (Phi) is 7.52. The summed E-state index contributed by atoms with van der Waals surface area (Å²) in [5.41, 5.74) is 1.60. The standard InChI is InChI=1S/C24H29Cl2N3O4S/c25-34(26,32)19-29(21-9-4-5-10-22(21)34)18-23(30)28-14-12-27(13-15-28)11-6-16-33-24(31)17-20-7-2-1-3-8-20/h1-5,7-10H,6,11-19H2. The van der Waals surface area contributed by atoms with Gasteiger partial charge in [0.25, 0.3) is 0 Å². The predicted molar refractivity (Wildman–Crippen MR) is 136 cm³/mol. The van der Waals surface area contributed by atoms with Crippen LogP contribution in [-0.2, 0) is 28.2 Å². The summed E-state index contributed by atoms with van der Waals surface area (Å²) in [5.74, 6) is -0.332. The number of hydrogen-bond donors (Lipinski definition) is 0. The fraction of sp³-hybridized carbons (Fsp3) is 0.417. The highest BCUT2D eigenvalue weighted by atomic mass is 36.0. The molecule has 2 aromatic rings. The average molecular weight is 526 g/mol. The first kappa shape index (κ1) is 25.0. The van der Waals surface area contributed by atoms with Gasteiger partial charge in [0.15, 0.2) is 0 Å². The number of fused-ring (bicyclic) bond motifs is 1. The third-order valence-corrected chi connectivity index (χ3v) is 9.60. The van der Waals surface area contributed by atoms with Crippen LogP contribution in [0.4, 0.5) is 5.69 Å². The number of halogens is 2. The summed E-state index contributed by atoms with van der Waals surface area (Å²) in [6.07, 6.45) is 1.03. The number of piperazine rings is 1. The lowest BCUT2D eigenvalue weighted by molar-refractivity contribution is -0.143. The van der Waals surface area contributed by atoms with Crippen LogP contribution >= 0.6 is 21.4 Å². The Morgan fingerprint density at radius 2 is 1.62 bits per heavy atom. The van der Waals surface area contributed by atoms with Crippen molar-refractivity contribution in [3.63, 3.8) is 0 Å². The summed E-state index contributed by atoms with van der Waals surface area (Å²) < 4.78 is 18.4. The topological polar surface area (TPSA) is 70.2 Å². The van der Waals surface area contributed by atoms with Crippen molar-refractivity contribution in [2.24, 2.45) is 0 Å². The molecule has 2 heterocycles. The van der Waals surface area contributed by atoms with Gasteiger partial charge in [0.05, 0.1) is 37.6 Å². The van der Waals surface area contributed by atoms with Crippen molar-refractivity contribution in [3.05, 3.63) is 60.2 Å². The van der Waals surface area contributed by atoms with Crippen LogP contribution in [0, 0.1) is 0 Å². The largest absolute Gasteiger partial charge is 0.465 e. The van der Waals surface area contributed by atoms with Crippen LogP contribution in [0.25, 0.3) is 0 Å². The Hall–Kier alpha value is -2.13. The Labute approximate surface area is 208 Å². The Morgan fingerprint density at radius 3 is 2.35 bits per heavy atom. The molecular formula is C24H29Cl2N3O4S. The van der Waals surface area contributed by atoms with Gasteiger partial charge in [0, 0.05) is 32.7 Å². The summed E-state index contributed by atoms with van der Waals surface area (Å²) in [6, 6.07) is 16.6. The van der Waals surface area contributed by atoms with E-state index in [1.807, 2.05) is 41.3 Å². The van der Waals surface area contributed by atoms with Gasteiger partial charge in [-0.25, -0.2) is 4.21 Å². The zero-order valence-electron chi connectivity index (χ0n) is 18.9. The van der Waals surface area contributed by atoms with Crippen LogP contribution in [-0.4, -0.2) is 77.6 Å². The molecule has 0 atom stereocenters. The quantitative estimate of drug-likeness (QED) is 0.299. The number of esters is 1. The summed E-state index contributed by atoms with van der Waals surface area (Å²) in [6.45, 7) is 4.02. The van der Waals surface area contributed by atoms with Gasteiger partial charge in [-0.3, -0.25) is 14.5 Å². The Morgan fingerprint density at radius 1 is 0.941 bits per heavy atom. The minimum atomic E-state index is -4.00. The second-order valence-electron chi connectivity index (χ2n) is 8.66. The van der Waals surface area contributed by atoms with Gasteiger partial charge < -0.3 is 14.5 Å². The molecule has 0 aromatic heterocycles. The molecule has 0 spiro atoms. The van der Waals surface area contributed by atoms with E-state index in [4.69, 9.17) is 26.1 Å². The van der Waals surface area contributed by atoms with E-state index in [1.165, 1.54) is 0 Å². The average Bonchev–Trinajstić information content (AvgIpc) is 3.03. The number of anilines is 1. The number of benzene rings is 2. The van der Waals surface area contributed by atoms with Gasteiger partial charge in [-0.05, 0) is 45.5 Å². The fourth-order valence-corrected chi connectivity index (χ4v) is 7.64. The Bertz CT molecular complexity index is 1100. The van der Waals surface area contributed by atoms with Crippen LogP contribution in [0.15, 0.2) is 59.5 Å². The predicted octanol–water partition coefficient (Wildman–Crippen LogP) is 3.27. The summed E-state index contributed by atoms with van der Waals surface area (Å²) >= 11 is 0. The summed E-state index contributed by atoms with van der Waals surface area (Å²) in [4.78, 5) is 31.0. The van der Waals surface area contributed by atoms with Crippen LogP contribution in [0.1, 0.15) is 12.0 Å². The van der Waals surface area contributed by atoms with E-state index in [1.54, 1.807) is 23.1 Å². The maximum absolute atomic E-state index is 13.0. The molecule has 0 bridgehead atoms. The zero-order chi connectivity index (χ0) is 24.2. The van der Waals surface area contributed by atoms with Crippen molar-refractivity contribution in [2.45, 2.75) is 17.7 Å². The molecule has 0 saturated carbocycles. The highest BCUT2D eigenvalue weighted by molar-refractivity contribution is 8.54. The van der Waals surface area contributed by atoms with Gasteiger partial charge >= 0.3 is 5.97 Å². The number of carbonyl (C=O) groups excluding carboxylic acids is 2. The molecule has 0 N–H and O–H groups in total. The monoisotopic (exact) mass is 525 g/mol. The molecule has 184 valence electrons.